The van der Waals surface area contributed by atoms with Gasteiger partial charge in [-0.15, -0.1) is 0 Å². The van der Waals surface area contributed by atoms with Crippen molar-refractivity contribution in [2.24, 2.45) is 0 Å². The molecule has 0 spiro atoms. The first-order chi connectivity index (χ1) is 17.5. The number of carbonyl (C=O) groups excluding carboxylic acids is 1. The van der Waals surface area contributed by atoms with Gasteiger partial charge >= 0.3 is 6.03 Å². The molecular formula is C26H28ClN5O4. The van der Waals surface area contributed by atoms with E-state index in [4.69, 9.17) is 21.1 Å². The number of benzene rings is 2. The molecule has 1 saturated heterocycles. The molecule has 3 N–H and O–H groups in total. The van der Waals surface area contributed by atoms with E-state index in [9.17, 15) is 15.2 Å². The van der Waals surface area contributed by atoms with E-state index in [-0.39, 0.29) is 12.6 Å². The normalized spacial score (nSPS) is 14.3. The number of ether oxygens (including phenoxy) is 2. The van der Waals surface area contributed by atoms with Crippen LogP contribution in [0, 0.1) is 11.3 Å². The Bertz CT molecular complexity index is 1270. The third kappa shape index (κ3) is 6.34. The summed E-state index contributed by atoms with van der Waals surface area (Å²) in [5, 5.41) is 26.3. The largest absolute Gasteiger partial charge is 0.489 e. The Morgan fingerprint density at radius 1 is 1.25 bits per heavy atom. The van der Waals surface area contributed by atoms with Gasteiger partial charge in [-0.25, -0.2) is 4.79 Å². The number of β-amino-alcohol motifs (C(OH)–C–C–N with tert-alkyl or cyclic N) is 1. The van der Waals surface area contributed by atoms with E-state index in [0.717, 1.165) is 25.9 Å². The van der Waals surface area contributed by atoms with Gasteiger partial charge in [0.15, 0.2) is 0 Å². The number of halogens is 1. The number of aliphatic hydroxyl groups excluding tert-OH is 1. The van der Waals surface area contributed by atoms with Crippen molar-refractivity contribution >= 4 is 34.2 Å². The molecule has 0 radical (unpaired) electrons. The average molecular weight is 510 g/mol. The van der Waals surface area contributed by atoms with Gasteiger partial charge in [0.1, 0.15) is 36.0 Å². The second-order valence-electron chi connectivity index (χ2n) is 8.49. The first-order valence-corrected chi connectivity index (χ1v) is 12.2. The van der Waals surface area contributed by atoms with Gasteiger partial charge < -0.3 is 30.1 Å². The number of aromatic nitrogens is 1. The van der Waals surface area contributed by atoms with Crippen LogP contribution in [0.5, 0.6) is 17.2 Å². The molecule has 1 aromatic heterocycles. The molecule has 3 aromatic rings. The molecule has 0 bridgehead atoms. The van der Waals surface area contributed by atoms with E-state index in [0.29, 0.717) is 57.5 Å². The first-order valence-electron chi connectivity index (χ1n) is 11.8. The number of carbonyl (C=O) groups is 1. The number of urea groups is 1. The number of pyridine rings is 1. The van der Waals surface area contributed by atoms with Crippen LogP contribution in [0.2, 0.25) is 5.02 Å². The summed E-state index contributed by atoms with van der Waals surface area (Å²) in [6.45, 7) is 4.93. The zero-order valence-electron chi connectivity index (χ0n) is 20.0. The minimum Gasteiger partial charge on any atom is -0.489 e. The molecule has 0 saturated carbocycles. The Labute approximate surface area is 214 Å². The fourth-order valence-electron chi connectivity index (χ4n) is 4.06. The van der Waals surface area contributed by atoms with Crippen molar-refractivity contribution in [3.8, 4) is 23.3 Å². The number of nitrogens with zero attached hydrogens (tertiary/aromatic N) is 3. The Morgan fingerprint density at radius 3 is 2.78 bits per heavy atom. The van der Waals surface area contributed by atoms with Crippen molar-refractivity contribution < 1.29 is 19.4 Å². The summed E-state index contributed by atoms with van der Waals surface area (Å²) in [6.07, 6.45) is 3.25. The number of hydrogen-bond donors (Lipinski definition) is 3. The standard InChI is InChI=1S/C26H28ClN5O4/c1-2-29-26(34)31-22-6-5-19(12-21(22)27)36-24-7-8-30-23-13-25(17(14-28)11-20(23)24)35-16-18(33)15-32-9-3-4-10-32/h5-8,11-13,18,33H,2-4,9-10,15-16H2,1H3,(H2,29,31,34)/t18-/m1/s1. The predicted octanol–water partition coefficient (Wildman–Crippen LogP) is 4.53. The number of likely N-dealkylation sites (tertiary alicyclic amines) is 1. The van der Waals surface area contributed by atoms with Crippen LogP contribution in [0.15, 0.2) is 42.6 Å². The van der Waals surface area contributed by atoms with E-state index in [1.165, 1.54) is 0 Å². The summed E-state index contributed by atoms with van der Waals surface area (Å²) in [5.74, 6) is 1.30. The highest BCUT2D eigenvalue weighted by Crippen LogP contribution is 2.35. The lowest BCUT2D eigenvalue weighted by atomic mass is 10.1. The maximum absolute atomic E-state index is 11.8. The maximum atomic E-state index is 11.8. The molecule has 4 rings (SSSR count). The van der Waals surface area contributed by atoms with Crippen molar-refractivity contribution in [3.05, 3.63) is 53.2 Å². The minimum absolute atomic E-state index is 0.0854. The molecule has 2 aromatic carbocycles. The summed E-state index contributed by atoms with van der Waals surface area (Å²) in [5.41, 5.74) is 1.35. The van der Waals surface area contributed by atoms with E-state index in [1.54, 1.807) is 42.6 Å². The van der Waals surface area contributed by atoms with Gasteiger partial charge in [0.25, 0.3) is 0 Å². The fourth-order valence-corrected chi connectivity index (χ4v) is 4.28. The molecular weight excluding hydrogens is 482 g/mol. The van der Waals surface area contributed by atoms with Gasteiger partial charge in [0, 0.05) is 36.8 Å². The van der Waals surface area contributed by atoms with Crippen LogP contribution < -0.4 is 20.1 Å². The second kappa shape index (κ2) is 11.9. The summed E-state index contributed by atoms with van der Waals surface area (Å²) in [4.78, 5) is 18.4. The van der Waals surface area contributed by atoms with E-state index in [1.807, 2.05) is 6.92 Å². The third-order valence-electron chi connectivity index (χ3n) is 5.78. The summed E-state index contributed by atoms with van der Waals surface area (Å²) in [7, 11) is 0. The van der Waals surface area contributed by atoms with Gasteiger partial charge in [-0.05, 0) is 57.1 Å². The molecule has 1 fully saturated rings. The number of amides is 2. The lowest BCUT2D eigenvalue weighted by Gasteiger charge is -2.20. The van der Waals surface area contributed by atoms with Crippen molar-refractivity contribution in [1.29, 1.82) is 5.26 Å². The van der Waals surface area contributed by atoms with E-state index < -0.39 is 6.10 Å². The molecule has 2 amide bonds. The summed E-state index contributed by atoms with van der Waals surface area (Å²) in [6, 6.07) is 11.8. The molecule has 10 heteroatoms. The van der Waals surface area contributed by atoms with Crippen LogP contribution in [0.4, 0.5) is 10.5 Å². The number of anilines is 1. The molecule has 0 unspecified atom stereocenters. The second-order valence-corrected chi connectivity index (χ2v) is 8.89. The Kier molecular flexibility index (Phi) is 8.44. The Balaban J connectivity index is 1.50. The lowest BCUT2D eigenvalue weighted by molar-refractivity contribution is 0.0758. The zero-order chi connectivity index (χ0) is 25.5. The maximum Gasteiger partial charge on any atom is 0.319 e. The average Bonchev–Trinajstić information content (AvgIpc) is 3.37. The molecule has 0 aliphatic carbocycles. The zero-order valence-corrected chi connectivity index (χ0v) is 20.7. The highest BCUT2D eigenvalue weighted by molar-refractivity contribution is 6.33. The van der Waals surface area contributed by atoms with Crippen LogP contribution in [0.25, 0.3) is 10.9 Å². The highest BCUT2D eigenvalue weighted by atomic mass is 35.5. The Hall–Kier alpha value is -3.58. The van der Waals surface area contributed by atoms with Gasteiger partial charge in [-0.3, -0.25) is 4.98 Å². The highest BCUT2D eigenvalue weighted by Gasteiger charge is 2.18. The number of aliphatic hydroxyl groups is 1. The first kappa shape index (κ1) is 25.5. The van der Waals surface area contributed by atoms with Crippen molar-refractivity contribution in [2.75, 3.05) is 38.1 Å². The number of fused-ring (bicyclic) bond motifs is 1. The van der Waals surface area contributed by atoms with E-state index >= 15 is 0 Å². The summed E-state index contributed by atoms with van der Waals surface area (Å²) >= 11 is 6.32. The van der Waals surface area contributed by atoms with Crippen molar-refractivity contribution in [3.63, 3.8) is 0 Å². The van der Waals surface area contributed by atoms with Crippen LogP contribution in [0.3, 0.4) is 0 Å². The van der Waals surface area contributed by atoms with Gasteiger partial charge in [-0.2, -0.15) is 5.26 Å². The number of hydrogen-bond acceptors (Lipinski definition) is 7. The smallest absolute Gasteiger partial charge is 0.319 e. The van der Waals surface area contributed by atoms with E-state index in [2.05, 4.69) is 26.6 Å². The fraction of sp³-hybridized carbons (Fsp3) is 0.346. The topological polar surface area (TPSA) is 120 Å². The SMILES string of the molecule is CCNC(=O)Nc1ccc(Oc2ccnc3cc(OC[C@H](O)CN4CCCC4)c(C#N)cc23)cc1Cl. The molecule has 1 aliphatic rings. The van der Waals surface area contributed by atoms with Gasteiger partial charge in [0.05, 0.1) is 21.8 Å². The molecule has 36 heavy (non-hydrogen) atoms. The lowest BCUT2D eigenvalue weighted by Crippen LogP contribution is -2.33. The number of nitriles is 1. The van der Waals surface area contributed by atoms with Crippen LogP contribution >= 0.6 is 11.6 Å². The van der Waals surface area contributed by atoms with Crippen molar-refractivity contribution in [1.82, 2.24) is 15.2 Å². The van der Waals surface area contributed by atoms with Crippen LogP contribution in [0.1, 0.15) is 25.3 Å². The summed E-state index contributed by atoms with van der Waals surface area (Å²) < 4.78 is 11.9. The Morgan fingerprint density at radius 2 is 2.06 bits per heavy atom. The molecule has 9 nitrogen and oxygen atoms in total. The number of rotatable bonds is 9. The quantitative estimate of drug-likeness (QED) is 0.387. The van der Waals surface area contributed by atoms with Gasteiger partial charge in [-0.1, -0.05) is 11.6 Å². The van der Waals surface area contributed by atoms with Crippen LogP contribution in [-0.2, 0) is 0 Å². The van der Waals surface area contributed by atoms with Crippen LogP contribution in [-0.4, -0.2) is 59.9 Å². The predicted molar refractivity (Wildman–Crippen MR) is 138 cm³/mol. The number of nitrogens with one attached hydrogen (secondary N) is 2. The molecule has 188 valence electrons. The monoisotopic (exact) mass is 509 g/mol. The van der Waals surface area contributed by atoms with Crippen molar-refractivity contribution in [2.45, 2.75) is 25.9 Å². The molecule has 1 atom stereocenters. The molecule has 2 heterocycles. The third-order valence-corrected chi connectivity index (χ3v) is 6.09. The minimum atomic E-state index is -0.650. The molecule has 1 aliphatic heterocycles. The van der Waals surface area contributed by atoms with Gasteiger partial charge in [0.2, 0.25) is 0 Å².